The van der Waals surface area contributed by atoms with Crippen LogP contribution in [0.3, 0.4) is 0 Å². The molecule has 0 bridgehead atoms. The lowest BCUT2D eigenvalue weighted by molar-refractivity contribution is -0.384. The van der Waals surface area contributed by atoms with Gasteiger partial charge in [0.1, 0.15) is 5.69 Å². The highest BCUT2D eigenvalue weighted by molar-refractivity contribution is 6.25. The van der Waals surface area contributed by atoms with Crippen molar-refractivity contribution in [2.45, 2.75) is 0 Å². The van der Waals surface area contributed by atoms with E-state index in [9.17, 15) is 29.8 Å². The Balaban J connectivity index is 1.86. The molecule has 0 atom stereocenters. The van der Waals surface area contributed by atoms with Gasteiger partial charge in [-0.25, -0.2) is 4.90 Å². The molecular weight excluding hydrogens is 434 g/mol. The van der Waals surface area contributed by atoms with Crippen LogP contribution >= 0.6 is 0 Å². The molecule has 0 fully saturated rings. The van der Waals surface area contributed by atoms with Gasteiger partial charge in [-0.05, 0) is 41.5 Å². The Kier molecular flexibility index (Phi) is 5.51. The van der Waals surface area contributed by atoms with Crippen molar-refractivity contribution in [1.29, 1.82) is 0 Å². The number of imide groups is 1. The predicted octanol–water partition coefficient (Wildman–Crippen LogP) is 4.84. The molecule has 33 heavy (non-hydrogen) atoms. The molecule has 0 aliphatic rings. The van der Waals surface area contributed by atoms with Crippen molar-refractivity contribution in [2.75, 3.05) is 4.90 Å². The molecule has 0 saturated carbocycles. The monoisotopic (exact) mass is 447 g/mol. The van der Waals surface area contributed by atoms with Gasteiger partial charge in [-0.1, -0.05) is 18.2 Å². The van der Waals surface area contributed by atoms with Gasteiger partial charge in [0.2, 0.25) is 0 Å². The average Bonchev–Trinajstić information content (AvgIpc) is 3.53. The zero-order valence-corrected chi connectivity index (χ0v) is 16.6. The standard InChI is InChI=1S/C22H13N3O8/c26-21(19-6-2-10-32-19)23(22(27)20-7-3-11-33-20)17-9-8-15(13-18(17)25(30)31)14-4-1-5-16(12-14)24(28)29/h1-13H. The van der Waals surface area contributed by atoms with Crippen molar-refractivity contribution >= 4 is 28.9 Å². The molecule has 4 aromatic rings. The summed E-state index contributed by atoms with van der Waals surface area (Å²) in [5, 5.41) is 23.0. The third-order valence-electron chi connectivity index (χ3n) is 4.67. The van der Waals surface area contributed by atoms with E-state index in [0.29, 0.717) is 10.5 Å². The Morgan fingerprint density at radius 1 is 0.727 bits per heavy atom. The van der Waals surface area contributed by atoms with Crippen molar-refractivity contribution in [2.24, 2.45) is 0 Å². The molecular formula is C22H13N3O8. The Morgan fingerprint density at radius 3 is 1.85 bits per heavy atom. The van der Waals surface area contributed by atoms with Crippen molar-refractivity contribution < 1.29 is 28.3 Å². The van der Waals surface area contributed by atoms with Gasteiger partial charge in [0.05, 0.1) is 22.4 Å². The van der Waals surface area contributed by atoms with E-state index in [0.717, 1.165) is 6.07 Å². The third-order valence-corrected chi connectivity index (χ3v) is 4.67. The lowest BCUT2D eigenvalue weighted by Crippen LogP contribution is -2.37. The fraction of sp³-hybridized carbons (Fsp3) is 0. The largest absolute Gasteiger partial charge is 0.459 e. The minimum atomic E-state index is -0.937. The summed E-state index contributed by atoms with van der Waals surface area (Å²) in [6.45, 7) is 0. The number of nitro benzene ring substituents is 2. The second kappa shape index (κ2) is 8.59. The number of rotatable bonds is 6. The number of benzene rings is 2. The number of anilines is 1. The van der Waals surface area contributed by atoms with Gasteiger partial charge < -0.3 is 8.83 Å². The van der Waals surface area contributed by atoms with E-state index in [1.54, 1.807) is 6.07 Å². The number of nitrogens with zero attached hydrogens (tertiary/aromatic N) is 3. The second-order valence-corrected chi connectivity index (χ2v) is 6.67. The molecule has 0 spiro atoms. The fourth-order valence-corrected chi connectivity index (χ4v) is 3.17. The number of furan rings is 2. The highest BCUT2D eigenvalue weighted by Crippen LogP contribution is 2.35. The van der Waals surface area contributed by atoms with Crippen LogP contribution in [0.2, 0.25) is 0 Å². The van der Waals surface area contributed by atoms with Gasteiger partial charge in [-0.2, -0.15) is 0 Å². The maximum Gasteiger partial charge on any atom is 0.301 e. The summed E-state index contributed by atoms with van der Waals surface area (Å²) in [5.74, 6) is -2.31. The summed E-state index contributed by atoms with van der Waals surface area (Å²) in [7, 11) is 0. The van der Waals surface area contributed by atoms with Gasteiger partial charge in [0.15, 0.2) is 11.5 Å². The lowest BCUT2D eigenvalue weighted by atomic mass is 10.0. The number of carbonyl (C=O) groups excluding carboxylic acids is 2. The summed E-state index contributed by atoms with van der Waals surface area (Å²) in [4.78, 5) is 48.4. The highest BCUT2D eigenvalue weighted by Gasteiger charge is 2.34. The zero-order valence-electron chi connectivity index (χ0n) is 16.6. The molecule has 0 radical (unpaired) electrons. The summed E-state index contributed by atoms with van der Waals surface area (Å²) in [6, 6.07) is 14.8. The molecule has 2 amide bonds. The third kappa shape index (κ3) is 4.10. The summed E-state index contributed by atoms with van der Waals surface area (Å²) in [6.07, 6.45) is 2.45. The Hall–Kier alpha value is -5.06. The molecule has 0 N–H and O–H groups in total. The van der Waals surface area contributed by atoms with Gasteiger partial charge in [-0.15, -0.1) is 0 Å². The quantitative estimate of drug-likeness (QED) is 0.231. The number of hydrogen-bond acceptors (Lipinski definition) is 8. The van der Waals surface area contributed by atoms with Crippen LogP contribution in [-0.2, 0) is 0 Å². The van der Waals surface area contributed by atoms with E-state index in [-0.39, 0.29) is 28.5 Å². The summed E-state index contributed by atoms with van der Waals surface area (Å²) < 4.78 is 10.2. The molecule has 11 nitrogen and oxygen atoms in total. The Labute approximate surface area is 184 Å². The van der Waals surface area contributed by atoms with Crippen LogP contribution in [0.5, 0.6) is 0 Å². The molecule has 4 rings (SSSR count). The molecule has 0 aliphatic carbocycles. The van der Waals surface area contributed by atoms with Crippen molar-refractivity contribution in [3.05, 3.63) is 111 Å². The predicted molar refractivity (Wildman–Crippen MR) is 114 cm³/mol. The molecule has 0 unspecified atom stereocenters. The first-order valence-corrected chi connectivity index (χ1v) is 9.36. The minimum Gasteiger partial charge on any atom is -0.459 e. The molecule has 2 heterocycles. The number of non-ortho nitro benzene ring substituents is 1. The SMILES string of the molecule is O=C(c1ccco1)N(C(=O)c1ccco1)c1ccc(-c2cccc([N+](=O)[O-])c2)cc1[N+](=O)[O-]. The number of carbonyl (C=O) groups is 2. The van der Waals surface area contributed by atoms with Gasteiger partial charge >= 0.3 is 11.8 Å². The van der Waals surface area contributed by atoms with Crippen LogP contribution in [0, 0.1) is 20.2 Å². The summed E-state index contributed by atoms with van der Waals surface area (Å²) >= 11 is 0. The smallest absolute Gasteiger partial charge is 0.301 e. The first-order chi connectivity index (χ1) is 15.9. The number of amides is 2. The topological polar surface area (TPSA) is 150 Å². The second-order valence-electron chi connectivity index (χ2n) is 6.67. The van der Waals surface area contributed by atoms with Crippen LogP contribution in [0.15, 0.2) is 88.1 Å². The van der Waals surface area contributed by atoms with Gasteiger partial charge in [0.25, 0.3) is 11.4 Å². The van der Waals surface area contributed by atoms with Crippen LogP contribution in [0.1, 0.15) is 21.1 Å². The molecule has 2 aromatic carbocycles. The van der Waals surface area contributed by atoms with E-state index in [2.05, 4.69) is 0 Å². The van der Waals surface area contributed by atoms with E-state index >= 15 is 0 Å². The van der Waals surface area contributed by atoms with Crippen molar-refractivity contribution in [1.82, 2.24) is 0 Å². The first-order valence-electron chi connectivity index (χ1n) is 9.36. The molecule has 2 aromatic heterocycles. The van der Waals surface area contributed by atoms with E-state index in [1.807, 2.05) is 0 Å². The van der Waals surface area contributed by atoms with Crippen molar-refractivity contribution in [3.63, 3.8) is 0 Å². The van der Waals surface area contributed by atoms with E-state index in [1.165, 1.54) is 67.1 Å². The molecule has 11 heteroatoms. The zero-order chi connectivity index (χ0) is 23.5. The Bertz CT molecular complexity index is 1310. The maximum atomic E-state index is 13.1. The van der Waals surface area contributed by atoms with Crippen LogP contribution < -0.4 is 4.90 Å². The number of hydrogen-bond donors (Lipinski definition) is 0. The molecule has 0 saturated heterocycles. The highest BCUT2D eigenvalue weighted by atomic mass is 16.6. The Morgan fingerprint density at radius 2 is 1.33 bits per heavy atom. The van der Waals surface area contributed by atoms with Crippen LogP contribution in [0.4, 0.5) is 17.1 Å². The maximum absolute atomic E-state index is 13.1. The van der Waals surface area contributed by atoms with E-state index < -0.39 is 27.3 Å². The van der Waals surface area contributed by atoms with Crippen molar-refractivity contribution in [3.8, 4) is 11.1 Å². The average molecular weight is 447 g/mol. The van der Waals surface area contributed by atoms with Gasteiger partial charge in [-0.3, -0.25) is 29.8 Å². The minimum absolute atomic E-state index is 0.193. The van der Waals surface area contributed by atoms with E-state index in [4.69, 9.17) is 8.83 Å². The number of nitro groups is 2. The fourth-order valence-electron chi connectivity index (χ4n) is 3.17. The van der Waals surface area contributed by atoms with Crippen LogP contribution in [0.25, 0.3) is 11.1 Å². The van der Waals surface area contributed by atoms with Crippen LogP contribution in [-0.4, -0.2) is 21.7 Å². The normalized spacial score (nSPS) is 10.5. The molecule has 0 aliphatic heterocycles. The summed E-state index contributed by atoms with van der Waals surface area (Å²) in [5.41, 5.74) is -0.456. The van der Waals surface area contributed by atoms with Gasteiger partial charge in [0, 0.05) is 18.2 Å². The first kappa shape index (κ1) is 21.2. The molecule has 164 valence electrons. The lowest BCUT2D eigenvalue weighted by Gasteiger charge is -2.19.